The number of nitrogens with zero attached hydrogens (tertiary/aromatic N) is 2. The molecular formula is C17H32N4O4S. The van der Waals surface area contributed by atoms with Gasteiger partial charge >= 0.3 is 0 Å². The van der Waals surface area contributed by atoms with Gasteiger partial charge in [-0.3, -0.25) is 4.79 Å². The Hall–Kier alpha value is -0.740. The Bertz CT molecular complexity index is 551. The molecule has 9 heteroatoms. The number of rotatable bonds is 6. The molecule has 0 saturated carbocycles. The molecule has 3 rings (SSSR count). The Kier molecular flexibility index (Phi) is 7.27. The van der Waals surface area contributed by atoms with E-state index in [1.807, 2.05) is 0 Å². The van der Waals surface area contributed by atoms with Gasteiger partial charge in [0.25, 0.3) is 10.2 Å². The van der Waals surface area contributed by atoms with E-state index in [4.69, 9.17) is 4.74 Å². The van der Waals surface area contributed by atoms with Crippen LogP contribution >= 0.6 is 0 Å². The first-order valence-electron chi connectivity index (χ1n) is 9.89. The summed E-state index contributed by atoms with van der Waals surface area (Å²) in [7, 11) is -3.39. The van der Waals surface area contributed by atoms with Crippen molar-refractivity contribution in [2.45, 2.75) is 44.6 Å². The second-order valence-electron chi connectivity index (χ2n) is 7.49. The van der Waals surface area contributed by atoms with Crippen LogP contribution in [0.3, 0.4) is 0 Å². The number of hydrogen-bond donors (Lipinski definition) is 2. The highest BCUT2D eigenvalue weighted by Gasteiger charge is 2.34. The minimum Gasteiger partial charge on any atom is -0.379 e. The smallest absolute Gasteiger partial charge is 0.282 e. The summed E-state index contributed by atoms with van der Waals surface area (Å²) in [6.07, 6.45) is 5.22. The average molecular weight is 389 g/mol. The van der Waals surface area contributed by atoms with Gasteiger partial charge in [0.15, 0.2) is 0 Å². The van der Waals surface area contributed by atoms with Gasteiger partial charge in [0.2, 0.25) is 5.91 Å². The molecule has 0 unspecified atom stereocenters. The van der Waals surface area contributed by atoms with Crippen molar-refractivity contribution in [2.75, 3.05) is 52.5 Å². The molecule has 1 amide bonds. The van der Waals surface area contributed by atoms with E-state index in [0.29, 0.717) is 64.6 Å². The summed E-state index contributed by atoms with van der Waals surface area (Å²) in [5.74, 6) is 0.764. The third-order valence-corrected chi connectivity index (χ3v) is 7.72. The fraction of sp³-hybridized carbons (Fsp3) is 0.941. The van der Waals surface area contributed by atoms with Crippen LogP contribution in [0.2, 0.25) is 0 Å². The maximum atomic E-state index is 12.7. The molecule has 0 aromatic rings. The van der Waals surface area contributed by atoms with E-state index in [9.17, 15) is 13.2 Å². The summed E-state index contributed by atoms with van der Waals surface area (Å²) in [6, 6.07) is 0.0895. The van der Waals surface area contributed by atoms with Crippen LogP contribution in [0.25, 0.3) is 0 Å². The van der Waals surface area contributed by atoms with Crippen molar-refractivity contribution in [3.05, 3.63) is 0 Å². The predicted octanol–water partition coefficient (Wildman–Crippen LogP) is -0.0762. The van der Waals surface area contributed by atoms with Gasteiger partial charge in [0.1, 0.15) is 0 Å². The molecule has 0 aliphatic carbocycles. The summed E-state index contributed by atoms with van der Waals surface area (Å²) >= 11 is 0. The number of carbonyl (C=O) groups is 1. The van der Waals surface area contributed by atoms with Crippen molar-refractivity contribution >= 4 is 16.1 Å². The van der Waals surface area contributed by atoms with Crippen LogP contribution in [0.5, 0.6) is 0 Å². The van der Waals surface area contributed by atoms with Crippen LogP contribution in [0, 0.1) is 5.92 Å². The van der Waals surface area contributed by atoms with Gasteiger partial charge in [-0.25, -0.2) is 0 Å². The molecule has 3 fully saturated rings. The van der Waals surface area contributed by atoms with Crippen molar-refractivity contribution in [1.82, 2.24) is 19.2 Å². The molecule has 3 aliphatic rings. The SMILES string of the molecule is O=C(CCC1CCNCC1)NC1CCN(S(=O)(=O)N2CCOCC2)CC1. The number of nitrogens with one attached hydrogen (secondary N) is 2. The van der Waals surface area contributed by atoms with Crippen molar-refractivity contribution in [3.8, 4) is 0 Å². The fourth-order valence-corrected chi connectivity index (χ4v) is 5.59. The lowest BCUT2D eigenvalue weighted by molar-refractivity contribution is -0.122. The molecule has 2 N–H and O–H groups in total. The van der Waals surface area contributed by atoms with E-state index in [0.717, 1.165) is 32.4 Å². The highest BCUT2D eigenvalue weighted by Crippen LogP contribution is 2.20. The summed E-state index contributed by atoms with van der Waals surface area (Å²) in [5.41, 5.74) is 0. The Labute approximate surface area is 156 Å². The monoisotopic (exact) mass is 388 g/mol. The third kappa shape index (κ3) is 5.39. The fourth-order valence-electron chi connectivity index (χ4n) is 3.98. The molecular weight excluding hydrogens is 356 g/mol. The van der Waals surface area contributed by atoms with Gasteiger partial charge in [0, 0.05) is 38.6 Å². The summed E-state index contributed by atoms with van der Waals surface area (Å²) in [5, 5.41) is 6.44. The van der Waals surface area contributed by atoms with E-state index in [2.05, 4.69) is 10.6 Å². The van der Waals surface area contributed by atoms with Crippen molar-refractivity contribution in [3.63, 3.8) is 0 Å². The zero-order valence-corrected chi connectivity index (χ0v) is 16.3. The molecule has 0 bridgehead atoms. The average Bonchev–Trinajstić information content (AvgIpc) is 2.68. The Morgan fingerprint density at radius 3 is 2.27 bits per heavy atom. The lowest BCUT2D eigenvalue weighted by Gasteiger charge is -2.36. The molecule has 0 aromatic heterocycles. The van der Waals surface area contributed by atoms with Gasteiger partial charge in [0.05, 0.1) is 13.2 Å². The first-order valence-corrected chi connectivity index (χ1v) is 11.3. The number of piperidine rings is 2. The lowest BCUT2D eigenvalue weighted by Crippen LogP contribution is -2.53. The molecule has 0 radical (unpaired) electrons. The lowest BCUT2D eigenvalue weighted by atomic mass is 9.93. The molecule has 150 valence electrons. The summed E-state index contributed by atoms with van der Waals surface area (Å²) < 4.78 is 33.6. The Balaban J connectivity index is 1.38. The highest BCUT2D eigenvalue weighted by atomic mass is 32.2. The minimum absolute atomic E-state index is 0.0895. The largest absolute Gasteiger partial charge is 0.379 e. The van der Waals surface area contributed by atoms with Gasteiger partial charge in [-0.2, -0.15) is 17.0 Å². The van der Waals surface area contributed by atoms with E-state index in [1.54, 1.807) is 4.31 Å². The highest BCUT2D eigenvalue weighted by molar-refractivity contribution is 7.86. The van der Waals surface area contributed by atoms with Gasteiger partial charge in [-0.1, -0.05) is 0 Å². The molecule has 8 nitrogen and oxygen atoms in total. The van der Waals surface area contributed by atoms with Gasteiger partial charge in [-0.15, -0.1) is 0 Å². The first-order chi connectivity index (χ1) is 12.6. The van der Waals surface area contributed by atoms with E-state index in [1.165, 1.54) is 4.31 Å². The minimum atomic E-state index is -3.39. The second-order valence-corrected chi connectivity index (χ2v) is 9.42. The molecule has 26 heavy (non-hydrogen) atoms. The van der Waals surface area contributed by atoms with Crippen LogP contribution in [-0.4, -0.2) is 81.5 Å². The zero-order chi connectivity index (χ0) is 18.4. The van der Waals surface area contributed by atoms with Gasteiger partial charge in [-0.05, 0) is 51.1 Å². The summed E-state index contributed by atoms with van der Waals surface area (Å²) in [6.45, 7) is 4.83. The maximum absolute atomic E-state index is 12.7. The maximum Gasteiger partial charge on any atom is 0.282 e. The van der Waals surface area contributed by atoms with Gasteiger partial charge < -0.3 is 15.4 Å². The normalized spacial score (nSPS) is 25.2. The molecule has 3 aliphatic heterocycles. The molecule has 0 spiro atoms. The van der Waals surface area contributed by atoms with Crippen molar-refractivity contribution < 1.29 is 17.9 Å². The molecule has 0 atom stereocenters. The standard InChI is InChI=1S/C17H32N4O4S/c22-17(2-1-15-3-7-18-8-4-15)19-16-5-9-20(10-6-16)26(23,24)21-11-13-25-14-12-21/h15-16,18H,1-14H2,(H,19,22). The number of amides is 1. The number of morpholine rings is 1. The summed E-state index contributed by atoms with van der Waals surface area (Å²) in [4.78, 5) is 12.2. The molecule has 0 aromatic carbocycles. The van der Waals surface area contributed by atoms with E-state index in [-0.39, 0.29) is 11.9 Å². The van der Waals surface area contributed by atoms with E-state index < -0.39 is 10.2 Å². The quantitative estimate of drug-likeness (QED) is 0.664. The van der Waals surface area contributed by atoms with Crippen LogP contribution < -0.4 is 10.6 Å². The van der Waals surface area contributed by atoms with E-state index >= 15 is 0 Å². The molecule has 3 heterocycles. The molecule has 3 saturated heterocycles. The van der Waals surface area contributed by atoms with Crippen LogP contribution in [0.1, 0.15) is 38.5 Å². The third-order valence-electron chi connectivity index (χ3n) is 5.68. The number of hydrogen-bond acceptors (Lipinski definition) is 5. The Morgan fingerprint density at radius 1 is 1.00 bits per heavy atom. The number of carbonyl (C=O) groups excluding carboxylic acids is 1. The van der Waals surface area contributed by atoms with Crippen molar-refractivity contribution in [2.24, 2.45) is 5.92 Å². The second kappa shape index (κ2) is 9.45. The van der Waals surface area contributed by atoms with Crippen molar-refractivity contribution in [1.29, 1.82) is 0 Å². The first kappa shape index (κ1) is 20.0. The zero-order valence-electron chi connectivity index (χ0n) is 15.5. The Morgan fingerprint density at radius 2 is 1.62 bits per heavy atom. The van der Waals surface area contributed by atoms with Crippen LogP contribution in [0.15, 0.2) is 0 Å². The number of ether oxygens (including phenoxy) is 1. The topological polar surface area (TPSA) is 91.0 Å². The van der Waals surface area contributed by atoms with Crippen LogP contribution in [0.4, 0.5) is 0 Å². The van der Waals surface area contributed by atoms with Crippen LogP contribution in [-0.2, 0) is 19.7 Å². The predicted molar refractivity (Wildman–Crippen MR) is 98.9 cm³/mol.